The molecule has 0 aromatic heterocycles. The van der Waals surface area contributed by atoms with E-state index in [0.29, 0.717) is 5.88 Å². The van der Waals surface area contributed by atoms with E-state index in [-0.39, 0.29) is 17.9 Å². The molecule has 0 spiro atoms. The van der Waals surface area contributed by atoms with Gasteiger partial charge in [-0.3, -0.25) is 0 Å². The third-order valence-electron chi connectivity index (χ3n) is 4.68. The number of hydrogen-bond acceptors (Lipinski definition) is 2. The molecule has 0 aromatic carbocycles. The molecule has 0 aromatic rings. The molecule has 0 radical (unpaired) electrons. The summed E-state index contributed by atoms with van der Waals surface area (Å²) in [5.41, 5.74) is 1.29. The van der Waals surface area contributed by atoms with E-state index in [1.54, 1.807) is 0 Å². The van der Waals surface area contributed by atoms with Crippen molar-refractivity contribution in [3.05, 3.63) is 21.3 Å². The Hall–Kier alpha value is -0.0104. The predicted molar refractivity (Wildman–Crippen MR) is 80.9 cm³/mol. The van der Waals surface area contributed by atoms with E-state index in [4.69, 9.17) is 11.6 Å². The first-order valence-electron chi connectivity index (χ1n) is 7.21. The summed E-state index contributed by atoms with van der Waals surface area (Å²) in [5, 5.41) is 13.9. The summed E-state index contributed by atoms with van der Waals surface area (Å²) >= 11 is 5.22. The minimum atomic E-state index is -0.666. The molecule has 1 unspecified atom stereocenters. The van der Waals surface area contributed by atoms with Gasteiger partial charge in [0.25, 0.3) is 0 Å². The maximum atomic E-state index is 12.3. The molecule has 2 N–H and O–H groups in total. The molecule has 5 heteroatoms. The number of alkyl halides is 1. The first-order chi connectivity index (χ1) is 9.61. The fourth-order valence-electron chi connectivity index (χ4n) is 3.59. The molecule has 0 bridgehead atoms. The topological polar surface area (TPSA) is 49.3 Å². The zero-order chi connectivity index (χ0) is 14.3. The Morgan fingerprint density at radius 3 is 3.05 bits per heavy atom. The quantitative estimate of drug-likeness (QED) is 0.323. The zero-order valence-corrected chi connectivity index (χ0v) is 14.7. The minimum absolute atomic E-state index is 0.0569. The third kappa shape index (κ3) is 2.08. The van der Waals surface area contributed by atoms with Gasteiger partial charge in [0.2, 0.25) is 0 Å². The molecule has 2 heterocycles. The number of carbonyl (C=O) groups excluding carboxylic acids is 1. The number of carbonyl (C=O) groups is 1. The van der Waals surface area contributed by atoms with Crippen molar-refractivity contribution in [3.63, 3.8) is 0 Å². The fourth-order valence-corrected chi connectivity index (χ4v) is 8.42. The average Bonchev–Trinajstić information content (AvgIpc) is 2.69. The van der Waals surface area contributed by atoms with Crippen LogP contribution in [0.4, 0.5) is 0 Å². The Morgan fingerprint density at radius 2 is 2.45 bits per heavy atom. The molecule has 20 heavy (non-hydrogen) atoms. The van der Waals surface area contributed by atoms with Crippen LogP contribution in [0, 0.1) is 5.92 Å². The van der Waals surface area contributed by atoms with Gasteiger partial charge in [0.1, 0.15) is 0 Å². The molecule has 1 fully saturated rings. The molecule has 2 aliphatic heterocycles. The van der Waals surface area contributed by atoms with Gasteiger partial charge in [-0.2, -0.15) is 0 Å². The van der Waals surface area contributed by atoms with Crippen LogP contribution in [-0.2, 0) is 4.79 Å². The summed E-state index contributed by atoms with van der Waals surface area (Å²) in [6, 6.07) is 0.0569. The van der Waals surface area contributed by atoms with Gasteiger partial charge in [-0.05, 0) is 0 Å². The normalized spacial score (nSPS) is 37.5. The van der Waals surface area contributed by atoms with Crippen LogP contribution in [0.25, 0.3) is 0 Å². The molecular weight excluding hydrogens is 389 g/mol. The van der Waals surface area contributed by atoms with Gasteiger partial charge in [-0.25, -0.2) is 0 Å². The van der Waals surface area contributed by atoms with Gasteiger partial charge < -0.3 is 0 Å². The Kier molecular flexibility index (Phi) is 4.21. The van der Waals surface area contributed by atoms with Gasteiger partial charge in [0, 0.05) is 0 Å². The van der Waals surface area contributed by atoms with E-state index in [2.05, 4.69) is 24.4 Å². The van der Waals surface area contributed by atoms with Crippen LogP contribution in [0.3, 0.4) is 0 Å². The summed E-state index contributed by atoms with van der Waals surface area (Å²) in [6.45, 7) is 2.13. The molecule has 1 saturated heterocycles. The molecule has 110 valence electrons. The zero-order valence-electron chi connectivity index (χ0n) is 11.6. The maximum absolute atomic E-state index is 12.3. The number of hydrogen-bond donors (Lipinski definition) is 2. The summed E-state index contributed by atoms with van der Waals surface area (Å²) < 4.78 is 0.862. The van der Waals surface area contributed by atoms with Crippen LogP contribution >= 0.6 is 11.6 Å². The van der Waals surface area contributed by atoms with Gasteiger partial charge in [0.05, 0.1) is 0 Å². The number of aliphatic hydroxyl groups excluding tert-OH is 1. The van der Waals surface area contributed by atoms with Crippen LogP contribution in [0.5, 0.6) is 0 Å². The first kappa shape index (κ1) is 14.9. The third-order valence-corrected chi connectivity index (χ3v) is 9.35. The average molecular weight is 409 g/mol. The predicted octanol–water partition coefficient (Wildman–Crippen LogP) is 1.98. The molecule has 3 nitrogen and oxygen atoms in total. The van der Waals surface area contributed by atoms with E-state index >= 15 is 0 Å². The molecule has 3 rings (SSSR count). The van der Waals surface area contributed by atoms with Crippen molar-refractivity contribution in [1.82, 2.24) is 5.32 Å². The summed E-state index contributed by atoms with van der Waals surface area (Å²) in [7, 11) is 0. The van der Waals surface area contributed by atoms with Gasteiger partial charge in [-0.15, -0.1) is 0 Å². The van der Waals surface area contributed by atoms with E-state index in [1.807, 2.05) is 0 Å². The Labute approximate surface area is 134 Å². The Morgan fingerprint density at radius 1 is 1.65 bits per heavy atom. The Bertz CT molecular complexity index is 490. The van der Waals surface area contributed by atoms with Crippen molar-refractivity contribution >= 4 is 38.4 Å². The molecular formula is C15H20ClNO2Te. The van der Waals surface area contributed by atoms with Crippen molar-refractivity contribution in [3.8, 4) is 0 Å². The van der Waals surface area contributed by atoms with Crippen molar-refractivity contribution in [2.75, 3.05) is 5.88 Å². The number of nitrogens with one attached hydrogen (secondary N) is 1. The fraction of sp³-hybridized carbons (Fsp3) is 0.667. The molecule has 1 aliphatic carbocycles. The van der Waals surface area contributed by atoms with E-state index in [1.165, 1.54) is 9.19 Å². The van der Waals surface area contributed by atoms with Gasteiger partial charge >= 0.3 is 135 Å². The molecule has 0 saturated carbocycles. The number of allylic oxidation sites excluding steroid dienone is 2. The number of amides is 1. The number of rotatable bonds is 4. The summed E-state index contributed by atoms with van der Waals surface area (Å²) in [5.74, 6) is 0.799. The van der Waals surface area contributed by atoms with Crippen LogP contribution in [-0.4, -0.2) is 50.0 Å². The molecule has 3 aliphatic rings. The number of fused-ring (bicyclic) bond motifs is 1. The monoisotopic (exact) mass is 411 g/mol. The number of aliphatic hydroxyl groups is 1. The van der Waals surface area contributed by atoms with Gasteiger partial charge in [0.15, 0.2) is 0 Å². The van der Waals surface area contributed by atoms with Crippen molar-refractivity contribution < 1.29 is 9.90 Å². The SMILES string of the molecule is CC1=C(CCCl)[C@@H]2NC(=O)[C@]2([C@@H](O)C2C=CCCC2)[Te]1. The van der Waals surface area contributed by atoms with Crippen LogP contribution in [0.1, 0.15) is 32.6 Å². The van der Waals surface area contributed by atoms with Crippen LogP contribution < -0.4 is 5.32 Å². The van der Waals surface area contributed by atoms with Crippen LogP contribution in [0.15, 0.2) is 21.3 Å². The van der Waals surface area contributed by atoms with E-state index < -0.39 is 30.5 Å². The second-order valence-electron chi connectivity index (χ2n) is 5.79. The number of halogens is 1. The van der Waals surface area contributed by atoms with Crippen molar-refractivity contribution in [1.29, 1.82) is 0 Å². The Balaban J connectivity index is 1.86. The number of β-lactam (4-membered cyclic amide) rings is 1. The molecule has 4 atom stereocenters. The summed E-state index contributed by atoms with van der Waals surface area (Å²) in [6.07, 6.45) is 7.78. The standard InChI is InChI=1S/C15H20ClNO2Te/c1-9-11(7-8-16)12-15(20-9,14(19)17-12)13(18)10-5-3-2-4-6-10/h3,5,10,12-13,18H,2,4,6-8H2,1H3,(H,17,19)/t10?,12-,13-,15-/m0/s1. The van der Waals surface area contributed by atoms with Crippen molar-refractivity contribution in [2.45, 2.75) is 48.2 Å². The second kappa shape index (κ2) is 5.65. The summed E-state index contributed by atoms with van der Waals surface area (Å²) in [4.78, 5) is 12.3. The van der Waals surface area contributed by atoms with Crippen molar-refractivity contribution in [2.24, 2.45) is 5.92 Å². The van der Waals surface area contributed by atoms with Crippen LogP contribution in [0.2, 0.25) is 3.46 Å². The molecule has 1 amide bonds. The second-order valence-corrected chi connectivity index (χ2v) is 10.4. The first-order valence-corrected chi connectivity index (χ1v) is 10.1. The van der Waals surface area contributed by atoms with E-state index in [0.717, 1.165) is 25.7 Å². The van der Waals surface area contributed by atoms with Gasteiger partial charge in [-0.1, -0.05) is 0 Å². The van der Waals surface area contributed by atoms with E-state index in [9.17, 15) is 9.90 Å².